The predicted octanol–water partition coefficient (Wildman–Crippen LogP) is 3.62. The number of imidazole rings is 1. The minimum absolute atomic E-state index is 0.597. The van der Waals surface area contributed by atoms with Gasteiger partial charge in [-0.15, -0.1) is 0 Å². The maximum atomic E-state index is 5.56. The van der Waals surface area contributed by atoms with Crippen molar-refractivity contribution in [3.05, 3.63) is 60.7 Å². The topological polar surface area (TPSA) is 45.5 Å². The second kappa shape index (κ2) is 7.08. The van der Waals surface area contributed by atoms with Gasteiger partial charge < -0.3 is 18.8 Å². The number of nitrogens with zero attached hydrogens (tertiary/aromatic N) is 2. The molecule has 1 heterocycles. The van der Waals surface area contributed by atoms with Crippen molar-refractivity contribution in [3.8, 4) is 28.4 Å². The van der Waals surface area contributed by atoms with Gasteiger partial charge in [0.05, 0.1) is 27.7 Å². The third-order valence-electron chi connectivity index (χ3n) is 3.89. The Morgan fingerprint density at radius 2 is 1.62 bits per heavy atom. The van der Waals surface area contributed by atoms with E-state index in [9.17, 15) is 0 Å². The van der Waals surface area contributed by atoms with E-state index < -0.39 is 0 Å². The van der Waals surface area contributed by atoms with Gasteiger partial charge >= 0.3 is 0 Å². The van der Waals surface area contributed by atoms with E-state index in [0.717, 1.165) is 17.7 Å². The zero-order valence-electron chi connectivity index (χ0n) is 14.0. The first kappa shape index (κ1) is 15.9. The monoisotopic (exact) mass is 324 g/mol. The largest absolute Gasteiger partial charge is 0.493 e. The Morgan fingerprint density at radius 3 is 2.21 bits per heavy atom. The molecular formula is C19H20N2O3. The highest BCUT2D eigenvalue weighted by molar-refractivity contribution is 5.76. The second-order valence-corrected chi connectivity index (χ2v) is 5.31. The fourth-order valence-corrected chi connectivity index (χ4v) is 2.71. The van der Waals surface area contributed by atoms with Crippen LogP contribution in [0, 0.1) is 0 Å². The van der Waals surface area contributed by atoms with Gasteiger partial charge in [0, 0.05) is 24.5 Å². The van der Waals surface area contributed by atoms with Crippen molar-refractivity contribution >= 4 is 0 Å². The number of benzene rings is 2. The fourth-order valence-electron chi connectivity index (χ4n) is 2.71. The third-order valence-corrected chi connectivity index (χ3v) is 3.89. The average molecular weight is 324 g/mol. The fraction of sp³-hybridized carbons (Fsp3) is 0.211. The Kier molecular flexibility index (Phi) is 4.70. The molecule has 0 radical (unpaired) electrons. The first-order chi connectivity index (χ1) is 11.8. The van der Waals surface area contributed by atoms with Crippen LogP contribution in [0.25, 0.3) is 11.1 Å². The Hall–Kier alpha value is -2.95. The first-order valence-electron chi connectivity index (χ1n) is 7.61. The van der Waals surface area contributed by atoms with E-state index in [1.165, 1.54) is 5.56 Å². The molecule has 0 unspecified atom stereocenters. The summed E-state index contributed by atoms with van der Waals surface area (Å²) < 4.78 is 18.4. The maximum Gasteiger partial charge on any atom is 0.203 e. The summed E-state index contributed by atoms with van der Waals surface area (Å²) in [6.45, 7) is 0.795. The van der Waals surface area contributed by atoms with E-state index in [1.807, 2.05) is 29.2 Å². The highest BCUT2D eigenvalue weighted by Crippen LogP contribution is 2.44. The van der Waals surface area contributed by atoms with Crippen molar-refractivity contribution < 1.29 is 14.2 Å². The molecule has 0 saturated heterocycles. The molecule has 2 aromatic carbocycles. The molecule has 0 spiro atoms. The number of hydrogen-bond donors (Lipinski definition) is 0. The normalized spacial score (nSPS) is 10.5. The van der Waals surface area contributed by atoms with E-state index in [4.69, 9.17) is 14.2 Å². The predicted molar refractivity (Wildman–Crippen MR) is 92.9 cm³/mol. The van der Waals surface area contributed by atoms with Gasteiger partial charge in [0.25, 0.3) is 0 Å². The average Bonchev–Trinajstić information content (AvgIpc) is 3.14. The van der Waals surface area contributed by atoms with Crippen molar-refractivity contribution in [3.63, 3.8) is 0 Å². The third kappa shape index (κ3) is 3.06. The van der Waals surface area contributed by atoms with Crippen LogP contribution in [0.5, 0.6) is 17.2 Å². The number of methoxy groups -OCH3 is 3. The summed E-state index contributed by atoms with van der Waals surface area (Å²) in [6, 6.07) is 12.2. The van der Waals surface area contributed by atoms with Crippen molar-refractivity contribution in [1.82, 2.24) is 9.55 Å². The molecule has 1 aromatic heterocycles. The zero-order valence-corrected chi connectivity index (χ0v) is 14.0. The smallest absolute Gasteiger partial charge is 0.203 e. The van der Waals surface area contributed by atoms with E-state index in [1.54, 1.807) is 27.5 Å². The second-order valence-electron chi connectivity index (χ2n) is 5.31. The van der Waals surface area contributed by atoms with E-state index in [0.29, 0.717) is 17.2 Å². The number of rotatable bonds is 6. The van der Waals surface area contributed by atoms with Crippen LogP contribution in [-0.4, -0.2) is 30.9 Å². The molecule has 0 atom stereocenters. The lowest BCUT2D eigenvalue weighted by Gasteiger charge is -2.16. The Bertz CT molecular complexity index is 796. The van der Waals surface area contributed by atoms with Crippen molar-refractivity contribution in [2.75, 3.05) is 21.3 Å². The highest BCUT2D eigenvalue weighted by atomic mass is 16.5. The van der Waals surface area contributed by atoms with Crippen LogP contribution < -0.4 is 14.2 Å². The summed E-state index contributed by atoms with van der Waals surface area (Å²) in [6.07, 6.45) is 5.54. The Labute approximate surface area is 141 Å². The van der Waals surface area contributed by atoms with Gasteiger partial charge in [0.15, 0.2) is 11.5 Å². The summed E-state index contributed by atoms with van der Waals surface area (Å²) in [7, 11) is 4.86. The van der Waals surface area contributed by atoms with Gasteiger partial charge in [-0.3, -0.25) is 0 Å². The molecule has 5 heteroatoms. The lowest BCUT2D eigenvalue weighted by atomic mass is 10.0. The van der Waals surface area contributed by atoms with Crippen molar-refractivity contribution in [2.24, 2.45) is 0 Å². The minimum atomic E-state index is 0.597. The molecule has 24 heavy (non-hydrogen) atoms. The molecule has 0 aliphatic carbocycles. The highest BCUT2D eigenvalue weighted by Gasteiger charge is 2.16. The van der Waals surface area contributed by atoms with Gasteiger partial charge in [0.1, 0.15) is 0 Å². The SMILES string of the molecule is COc1ccc(-c2ccc(Cn3ccnc3)cc2)c(OC)c1OC. The van der Waals surface area contributed by atoms with Crippen LogP contribution in [0.15, 0.2) is 55.1 Å². The van der Waals surface area contributed by atoms with Crippen LogP contribution in [0.2, 0.25) is 0 Å². The van der Waals surface area contributed by atoms with Gasteiger partial charge in [-0.05, 0) is 23.3 Å². The van der Waals surface area contributed by atoms with E-state index in [2.05, 4.69) is 29.2 Å². The lowest BCUT2D eigenvalue weighted by molar-refractivity contribution is 0.325. The summed E-state index contributed by atoms with van der Waals surface area (Å²) in [5, 5.41) is 0. The molecular weight excluding hydrogens is 304 g/mol. The molecule has 124 valence electrons. The van der Waals surface area contributed by atoms with Crippen LogP contribution in [0.1, 0.15) is 5.56 Å². The van der Waals surface area contributed by atoms with Gasteiger partial charge in [-0.2, -0.15) is 0 Å². The summed E-state index contributed by atoms with van der Waals surface area (Å²) >= 11 is 0. The van der Waals surface area contributed by atoms with Gasteiger partial charge in [-0.1, -0.05) is 24.3 Å². The summed E-state index contributed by atoms with van der Waals surface area (Å²) in [5.41, 5.74) is 3.22. The molecule has 5 nitrogen and oxygen atoms in total. The lowest BCUT2D eigenvalue weighted by Crippen LogP contribution is -1.98. The quantitative estimate of drug-likeness (QED) is 0.695. The first-order valence-corrected chi connectivity index (χ1v) is 7.61. The van der Waals surface area contributed by atoms with Crippen LogP contribution >= 0.6 is 0 Å². The van der Waals surface area contributed by atoms with Gasteiger partial charge in [-0.25, -0.2) is 4.98 Å². The molecule has 0 N–H and O–H groups in total. The molecule has 0 aliphatic rings. The molecule has 0 bridgehead atoms. The van der Waals surface area contributed by atoms with Crippen molar-refractivity contribution in [1.29, 1.82) is 0 Å². The van der Waals surface area contributed by atoms with Crippen LogP contribution in [0.4, 0.5) is 0 Å². The number of ether oxygens (including phenoxy) is 3. The van der Waals surface area contributed by atoms with E-state index in [-0.39, 0.29) is 0 Å². The molecule has 0 aliphatic heterocycles. The summed E-state index contributed by atoms with van der Waals surface area (Å²) in [5.74, 6) is 1.91. The molecule has 0 amide bonds. The minimum Gasteiger partial charge on any atom is -0.493 e. The van der Waals surface area contributed by atoms with Crippen molar-refractivity contribution in [2.45, 2.75) is 6.54 Å². The molecule has 3 rings (SSSR count). The number of aromatic nitrogens is 2. The van der Waals surface area contributed by atoms with E-state index >= 15 is 0 Å². The standard InChI is InChI=1S/C19H20N2O3/c1-22-17-9-8-16(18(23-2)19(17)24-3)15-6-4-14(5-7-15)12-21-11-10-20-13-21/h4-11,13H,12H2,1-3H3. The zero-order chi connectivity index (χ0) is 16.9. The Morgan fingerprint density at radius 1 is 0.875 bits per heavy atom. The summed E-state index contributed by atoms with van der Waals surface area (Å²) in [4.78, 5) is 4.06. The Balaban J connectivity index is 1.94. The maximum absolute atomic E-state index is 5.56. The molecule has 0 fully saturated rings. The van der Waals surface area contributed by atoms with Crippen LogP contribution in [0.3, 0.4) is 0 Å². The molecule has 3 aromatic rings. The number of hydrogen-bond acceptors (Lipinski definition) is 4. The van der Waals surface area contributed by atoms with Gasteiger partial charge in [0.2, 0.25) is 5.75 Å². The van der Waals surface area contributed by atoms with Crippen LogP contribution in [-0.2, 0) is 6.54 Å². The molecule has 0 saturated carbocycles.